The summed E-state index contributed by atoms with van der Waals surface area (Å²) in [7, 11) is 0. The Morgan fingerprint density at radius 2 is 1.25 bits per heavy atom. The maximum Gasteiger partial charge on any atom is 0.333 e. The Bertz CT molecular complexity index is 3980. The Balaban J connectivity index is 1.13. The molecule has 0 spiro atoms. The van der Waals surface area contributed by atoms with E-state index in [0.717, 1.165) is 21.9 Å². The summed E-state index contributed by atoms with van der Waals surface area (Å²) in [5.74, 6) is 0. The van der Waals surface area contributed by atoms with Gasteiger partial charge in [0, 0.05) is 80.0 Å². The molecular weight excluding hydrogens is 816 g/mol. The number of para-hydroxylation sites is 1. The van der Waals surface area contributed by atoms with E-state index < -0.39 is 0 Å². The fourth-order valence-electron chi connectivity index (χ4n) is 11.0. The van der Waals surface area contributed by atoms with Gasteiger partial charge in [0.25, 0.3) is 0 Å². The fraction of sp³-hybridized carbons (Fsp3) is 0.138. The highest BCUT2D eigenvalue weighted by atomic mass is 32.1. The number of furan rings is 1. The minimum Gasteiger partial charge on any atom is -0.456 e. The molecule has 0 atom stereocenters. The van der Waals surface area contributed by atoms with Crippen LogP contribution in [0.15, 0.2) is 156 Å². The number of rotatable bonds is 2. The van der Waals surface area contributed by atoms with E-state index in [0.29, 0.717) is 0 Å². The van der Waals surface area contributed by atoms with Crippen LogP contribution >= 0.6 is 22.7 Å². The summed E-state index contributed by atoms with van der Waals surface area (Å²) in [6.45, 7) is 13.8. The van der Waals surface area contributed by atoms with Gasteiger partial charge in [-0.05, 0) is 110 Å². The van der Waals surface area contributed by atoms with Gasteiger partial charge in [-0.2, -0.15) is 0 Å². The van der Waals surface area contributed by atoms with E-state index in [-0.39, 0.29) is 17.7 Å². The predicted molar refractivity (Wildman–Crippen MR) is 278 cm³/mol. The van der Waals surface area contributed by atoms with Crippen LogP contribution in [0.4, 0.5) is 11.4 Å². The largest absolute Gasteiger partial charge is 0.456 e. The molecule has 0 N–H and O–H groups in total. The standard InChI is InChI=1S/C58H43BN2OS2/c1-57(2,3)34-16-19-36(20-17-34)61-47-30-54-44(43-26-35(58(4,5)6)18-23-51(43)63-54)28-40(47)38-21-22-39-41-27-42-37-14-10-11-15-49(37)62-50(42)29-46(41)60-48-31-53-33(24-45(48)59(61)55(38)56(39)60)25-52(64-53)32-12-8-7-9-13-32/h7-31H,1-6H3. The highest BCUT2D eigenvalue weighted by Crippen LogP contribution is 2.50. The van der Waals surface area contributed by atoms with E-state index in [9.17, 15) is 0 Å². The molecule has 14 rings (SSSR count). The van der Waals surface area contributed by atoms with Crippen LogP contribution < -0.4 is 15.7 Å². The molecule has 4 aromatic heterocycles. The van der Waals surface area contributed by atoms with Crippen molar-refractivity contribution in [1.29, 1.82) is 0 Å². The first-order valence-electron chi connectivity index (χ1n) is 22.4. The van der Waals surface area contributed by atoms with Gasteiger partial charge in [-0.3, -0.25) is 0 Å². The smallest absolute Gasteiger partial charge is 0.333 e. The summed E-state index contributed by atoms with van der Waals surface area (Å²) in [4.78, 5) is 3.97. The second-order valence-corrected chi connectivity index (χ2v) is 22.3. The van der Waals surface area contributed by atoms with Gasteiger partial charge < -0.3 is 13.8 Å². The molecule has 0 saturated heterocycles. The minimum absolute atomic E-state index is 0.0378. The maximum atomic E-state index is 6.63. The Hall–Kier alpha value is -6.60. The van der Waals surface area contributed by atoms with Crippen LogP contribution in [0.25, 0.3) is 101 Å². The first-order valence-corrected chi connectivity index (χ1v) is 24.1. The number of hydrogen-bond donors (Lipinski definition) is 0. The predicted octanol–water partition coefficient (Wildman–Crippen LogP) is 15.8. The van der Waals surface area contributed by atoms with Crippen LogP contribution in [-0.4, -0.2) is 11.4 Å². The van der Waals surface area contributed by atoms with Crippen LogP contribution in [-0.2, 0) is 10.8 Å². The number of benzene rings is 8. The van der Waals surface area contributed by atoms with Gasteiger partial charge in [0.15, 0.2) is 0 Å². The summed E-state index contributed by atoms with van der Waals surface area (Å²) in [6, 6.07) is 57.9. The van der Waals surface area contributed by atoms with Crippen molar-refractivity contribution in [2.45, 2.75) is 52.4 Å². The van der Waals surface area contributed by atoms with Crippen molar-refractivity contribution >= 4 is 126 Å². The van der Waals surface area contributed by atoms with E-state index >= 15 is 0 Å². The van der Waals surface area contributed by atoms with Gasteiger partial charge in [0.2, 0.25) is 0 Å². The fourth-order valence-corrected chi connectivity index (χ4v) is 13.2. The lowest BCUT2D eigenvalue weighted by Crippen LogP contribution is -2.60. The molecule has 0 fully saturated rings. The lowest BCUT2D eigenvalue weighted by Gasteiger charge is -2.42. The summed E-state index contributed by atoms with van der Waals surface area (Å²) in [6.07, 6.45) is 0. The molecule has 0 radical (unpaired) electrons. The number of fused-ring (bicyclic) bond motifs is 15. The third-order valence-electron chi connectivity index (χ3n) is 14.3. The highest BCUT2D eigenvalue weighted by molar-refractivity contribution is 7.26. The first kappa shape index (κ1) is 36.8. The molecule has 306 valence electrons. The zero-order valence-corrected chi connectivity index (χ0v) is 38.3. The second-order valence-electron chi connectivity index (χ2n) is 20.1. The zero-order valence-electron chi connectivity index (χ0n) is 36.6. The number of nitrogens with zero attached hydrogens (tertiary/aromatic N) is 2. The van der Waals surface area contributed by atoms with Gasteiger partial charge in [0.1, 0.15) is 11.2 Å². The van der Waals surface area contributed by atoms with Crippen molar-refractivity contribution < 1.29 is 4.42 Å². The van der Waals surface area contributed by atoms with Crippen LogP contribution in [0.3, 0.4) is 0 Å². The average molecular weight is 859 g/mol. The highest BCUT2D eigenvalue weighted by Gasteiger charge is 2.44. The first-order chi connectivity index (χ1) is 31.0. The molecule has 0 bridgehead atoms. The van der Waals surface area contributed by atoms with Crippen LogP contribution in [0.2, 0.25) is 0 Å². The lowest BCUT2D eigenvalue weighted by atomic mass is 9.44. The second kappa shape index (κ2) is 12.6. The average Bonchev–Trinajstić information content (AvgIpc) is 4.06. The molecule has 2 aliphatic heterocycles. The van der Waals surface area contributed by atoms with E-state index in [1.54, 1.807) is 0 Å². The molecule has 64 heavy (non-hydrogen) atoms. The molecule has 2 aliphatic rings. The van der Waals surface area contributed by atoms with E-state index in [2.05, 4.69) is 203 Å². The third-order valence-corrected chi connectivity index (χ3v) is 16.6. The Labute approximate surface area is 379 Å². The molecule has 6 heteroatoms. The number of aromatic nitrogens is 1. The summed E-state index contributed by atoms with van der Waals surface area (Å²) >= 11 is 3.80. The van der Waals surface area contributed by atoms with E-state index in [1.165, 1.54) is 113 Å². The third kappa shape index (κ3) is 5.04. The monoisotopic (exact) mass is 858 g/mol. The van der Waals surface area contributed by atoms with Crippen molar-refractivity contribution in [3.63, 3.8) is 0 Å². The molecule has 0 unspecified atom stereocenters. The van der Waals surface area contributed by atoms with Gasteiger partial charge in [-0.15, -0.1) is 22.7 Å². The molecule has 12 aromatic rings. The van der Waals surface area contributed by atoms with Gasteiger partial charge in [0.05, 0.1) is 11.0 Å². The summed E-state index contributed by atoms with van der Waals surface area (Å²) in [5, 5.41) is 8.79. The van der Waals surface area contributed by atoms with Crippen molar-refractivity contribution in [2.24, 2.45) is 0 Å². The van der Waals surface area contributed by atoms with E-state index in [1.807, 2.05) is 22.7 Å². The molecule has 0 aliphatic carbocycles. The summed E-state index contributed by atoms with van der Waals surface area (Å²) < 4.78 is 13.2. The van der Waals surface area contributed by atoms with Crippen LogP contribution in [0.1, 0.15) is 52.7 Å². The lowest BCUT2D eigenvalue weighted by molar-refractivity contribution is 0.590. The van der Waals surface area contributed by atoms with Crippen molar-refractivity contribution in [2.75, 3.05) is 4.81 Å². The number of hydrogen-bond acceptors (Lipinski definition) is 4. The topological polar surface area (TPSA) is 21.3 Å². The molecule has 0 amide bonds. The normalized spacial score (nSPS) is 13.7. The minimum atomic E-state index is -0.0777. The Morgan fingerprint density at radius 3 is 2.06 bits per heavy atom. The molecule has 8 aromatic carbocycles. The molecule has 0 saturated carbocycles. The van der Waals surface area contributed by atoms with Crippen LogP contribution in [0, 0.1) is 0 Å². The molecular formula is C58H43BN2OS2. The SMILES string of the molecule is CC(C)(C)c1ccc(N2B3c4cc5cc(-c6ccccc6)sc5cc4-n4c5cc6oc7ccccc7c6cc5c5ccc(c3c54)-c3cc4c(cc32)sc2ccc(C(C)(C)C)cc24)cc1. The van der Waals surface area contributed by atoms with Crippen molar-refractivity contribution in [3.8, 4) is 27.3 Å². The maximum absolute atomic E-state index is 6.63. The van der Waals surface area contributed by atoms with Gasteiger partial charge >= 0.3 is 6.85 Å². The zero-order chi connectivity index (χ0) is 43.0. The van der Waals surface area contributed by atoms with Crippen LogP contribution in [0.5, 0.6) is 0 Å². The van der Waals surface area contributed by atoms with E-state index in [4.69, 9.17) is 4.42 Å². The molecule has 3 nitrogen and oxygen atoms in total. The number of thiophene rings is 2. The Kier molecular flexibility index (Phi) is 7.23. The number of anilines is 2. The quantitative estimate of drug-likeness (QED) is 0.162. The summed E-state index contributed by atoms with van der Waals surface area (Å²) in [5.41, 5.74) is 17.3. The van der Waals surface area contributed by atoms with Crippen molar-refractivity contribution in [1.82, 2.24) is 4.57 Å². The van der Waals surface area contributed by atoms with Gasteiger partial charge in [-0.25, -0.2) is 0 Å². The van der Waals surface area contributed by atoms with Gasteiger partial charge in [-0.1, -0.05) is 126 Å². The Morgan fingerprint density at radius 1 is 0.500 bits per heavy atom. The van der Waals surface area contributed by atoms with Crippen molar-refractivity contribution in [3.05, 3.63) is 163 Å². The molecule has 6 heterocycles.